The van der Waals surface area contributed by atoms with E-state index in [1.807, 2.05) is 30.3 Å². The first kappa shape index (κ1) is 15.5. The van der Waals surface area contributed by atoms with E-state index in [1.54, 1.807) is 21.8 Å². The van der Waals surface area contributed by atoms with Gasteiger partial charge in [-0.15, -0.1) is 11.3 Å². The molecular weight excluding hydrogens is 316 g/mol. The van der Waals surface area contributed by atoms with E-state index < -0.39 is 10.0 Å². The van der Waals surface area contributed by atoms with Crippen LogP contribution in [0.1, 0.15) is 12.8 Å². The number of sulfonamides is 1. The molecule has 22 heavy (non-hydrogen) atoms. The van der Waals surface area contributed by atoms with Gasteiger partial charge in [0.25, 0.3) is 10.0 Å². The van der Waals surface area contributed by atoms with Crippen molar-refractivity contribution in [1.82, 2.24) is 5.32 Å². The zero-order chi connectivity index (χ0) is 15.4. The van der Waals surface area contributed by atoms with Crippen LogP contribution in [-0.4, -0.2) is 28.1 Å². The molecule has 0 spiro atoms. The quantitative estimate of drug-likeness (QED) is 0.913. The number of piperidine rings is 1. The molecule has 1 N–H and O–H groups in total. The molecule has 1 unspecified atom stereocenters. The van der Waals surface area contributed by atoms with Crippen LogP contribution in [0.25, 0.3) is 0 Å². The summed E-state index contributed by atoms with van der Waals surface area (Å²) in [6, 6.07) is 12.8. The van der Waals surface area contributed by atoms with Crippen LogP contribution in [0.4, 0.5) is 5.69 Å². The fraction of sp³-hybridized carbons (Fsp3) is 0.375. The topological polar surface area (TPSA) is 49.4 Å². The SMILES string of the molecule is O=S(=O)(c1cccs1)N(CC1CCCNC1)c1ccccc1. The first-order valence-corrected chi connectivity index (χ1v) is 9.82. The second-order valence-corrected chi connectivity index (χ2v) is 8.55. The van der Waals surface area contributed by atoms with Gasteiger partial charge in [0.2, 0.25) is 0 Å². The van der Waals surface area contributed by atoms with E-state index in [0.717, 1.165) is 31.6 Å². The van der Waals surface area contributed by atoms with Gasteiger partial charge in [0.05, 0.1) is 5.69 Å². The number of hydrogen-bond donors (Lipinski definition) is 1. The zero-order valence-corrected chi connectivity index (χ0v) is 13.9. The Bertz CT molecular complexity index is 678. The normalized spacial score (nSPS) is 19.0. The lowest BCUT2D eigenvalue weighted by Crippen LogP contribution is -2.41. The van der Waals surface area contributed by atoms with Crippen molar-refractivity contribution in [2.45, 2.75) is 17.1 Å². The second-order valence-electron chi connectivity index (χ2n) is 5.52. The third kappa shape index (κ3) is 3.34. The Morgan fingerprint density at radius 1 is 1.18 bits per heavy atom. The van der Waals surface area contributed by atoms with Gasteiger partial charge in [-0.05, 0) is 55.4 Å². The number of para-hydroxylation sites is 1. The van der Waals surface area contributed by atoms with Gasteiger partial charge < -0.3 is 5.32 Å². The van der Waals surface area contributed by atoms with Gasteiger partial charge in [0.1, 0.15) is 4.21 Å². The summed E-state index contributed by atoms with van der Waals surface area (Å²) in [5, 5.41) is 5.16. The predicted octanol–water partition coefficient (Wildman–Crippen LogP) is 2.94. The van der Waals surface area contributed by atoms with Gasteiger partial charge in [-0.1, -0.05) is 24.3 Å². The van der Waals surface area contributed by atoms with Gasteiger partial charge in [-0.25, -0.2) is 8.42 Å². The van der Waals surface area contributed by atoms with Gasteiger partial charge in [0, 0.05) is 6.54 Å². The molecule has 1 atom stereocenters. The fourth-order valence-electron chi connectivity index (χ4n) is 2.77. The number of nitrogens with zero attached hydrogens (tertiary/aromatic N) is 1. The average Bonchev–Trinajstić information content (AvgIpc) is 3.10. The van der Waals surface area contributed by atoms with Crippen LogP contribution in [0.5, 0.6) is 0 Å². The highest BCUT2D eigenvalue weighted by Gasteiger charge is 2.28. The van der Waals surface area contributed by atoms with Crippen LogP contribution in [-0.2, 0) is 10.0 Å². The summed E-state index contributed by atoms with van der Waals surface area (Å²) >= 11 is 1.27. The first-order chi connectivity index (χ1) is 10.7. The molecule has 1 saturated heterocycles. The highest BCUT2D eigenvalue weighted by molar-refractivity contribution is 7.94. The van der Waals surface area contributed by atoms with Gasteiger partial charge >= 0.3 is 0 Å². The van der Waals surface area contributed by atoms with E-state index in [4.69, 9.17) is 0 Å². The maximum Gasteiger partial charge on any atom is 0.273 e. The van der Waals surface area contributed by atoms with E-state index in [1.165, 1.54) is 11.3 Å². The van der Waals surface area contributed by atoms with E-state index >= 15 is 0 Å². The minimum atomic E-state index is -3.49. The molecule has 2 heterocycles. The molecule has 2 aromatic rings. The number of rotatable bonds is 5. The molecule has 0 radical (unpaired) electrons. The molecule has 118 valence electrons. The predicted molar refractivity (Wildman–Crippen MR) is 90.9 cm³/mol. The summed E-state index contributed by atoms with van der Waals surface area (Å²) in [4.78, 5) is 0. The van der Waals surface area contributed by atoms with Crippen molar-refractivity contribution < 1.29 is 8.42 Å². The average molecular weight is 336 g/mol. The number of nitrogens with one attached hydrogen (secondary N) is 1. The van der Waals surface area contributed by atoms with Crippen molar-refractivity contribution in [1.29, 1.82) is 0 Å². The minimum Gasteiger partial charge on any atom is -0.316 e. The van der Waals surface area contributed by atoms with Crippen molar-refractivity contribution in [3.8, 4) is 0 Å². The van der Waals surface area contributed by atoms with Crippen LogP contribution < -0.4 is 9.62 Å². The maximum absolute atomic E-state index is 13.0. The molecular formula is C16H20N2O2S2. The van der Waals surface area contributed by atoms with Crippen molar-refractivity contribution in [2.24, 2.45) is 5.92 Å². The molecule has 1 fully saturated rings. The van der Waals surface area contributed by atoms with Crippen LogP contribution in [0.3, 0.4) is 0 Å². The summed E-state index contributed by atoms with van der Waals surface area (Å²) in [7, 11) is -3.49. The molecule has 1 aliphatic rings. The Labute approximate surface area is 135 Å². The van der Waals surface area contributed by atoms with Crippen LogP contribution in [0, 0.1) is 5.92 Å². The summed E-state index contributed by atoms with van der Waals surface area (Å²) < 4.78 is 27.9. The number of anilines is 1. The highest BCUT2D eigenvalue weighted by atomic mass is 32.2. The standard InChI is InChI=1S/C16H20N2O2S2/c19-22(20,16-9-5-11-21-16)18(15-7-2-1-3-8-15)13-14-6-4-10-17-12-14/h1-3,5,7-9,11,14,17H,4,6,10,12-13H2. The fourth-order valence-corrected chi connectivity index (χ4v) is 5.42. The lowest BCUT2D eigenvalue weighted by molar-refractivity contribution is 0.385. The number of thiophene rings is 1. The summed E-state index contributed by atoms with van der Waals surface area (Å²) in [5.74, 6) is 0.351. The Hall–Kier alpha value is -1.37. The van der Waals surface area contributed by atoms with Crippen molar-refractivity contribution >= 4 is 27.0 Å². The highest BCUT2D eigenvalue weighted by Crippen LogP contribution is 2.28. The molecule has 0 aliphatic carbocycles. The number of benzene rings is 1. The van der Waals surface area contributed by atoms with E-state index in [9.17, 15) is 8.42 Å². The monoisotopic (exact) mass is 336 g/mol. The Kier molecular flexibility index (Phi) is 4.81. The molecule has 1 aromatic carbocycles. The lowest BCUT2D eigenvalue weighted by atomic mass is 10.00. The van der Waals surface area contributed by atoms with Gasteiger partial charge in [-0.2, -0.15) is 0 Å². The third-order valence-electron chi connectivity index (χ3n) is 3.91. The van der Waals surface area contributed by atoms with E-state index in [2.05, 4.69) is 5.32 Å². The van der Waals surface area contributed by atoms with Crippen LogP contribution in [0.15, 0.2) is 52.1 Å². The van der Waals surface area contributed by atoms with Crippen molar-refractivity contribution in [2.75, 3.05) is 23.9 Å². The Balaban J connectivity index is 1.92. The Morgan fingerprint density at radius 3 is 2.64 bits per heavy atom. The van der Waals surface area contributed by atoms with Crippen LogP contribution in [0.2, 0.25) is 0 Å². The first-order valence-electron chi connectivity index (χ1n) is 7.50. The van der Waals surface area contributed by atoms with Gasteiger partial charge in [-0.3, -0.25) is 4.31 Å². The number of hydrogen-bond acceptors (Lipinski definition) is 4. The molecule has 3 rings (SSSR count). The molecule has 0 bridgehead atoms. The van der Waals surface area contributed by atoms with E-state index in [-0.39, 0.29) is 0 Å². The summed E-state index contributed by atoms with van der Waals surface area (Å²) in [6.45, 7) is 2.43. The minimum absolute atomic E-state index is 0.351. The van der Waals surface area contributed by atoms with Gasteiger partial charge in [0.15, 0.2) is 0 Å². The van der Waals surface area contributed by atoms with Crippen molar-refractivity contribution in [3.63, 3.8) is 0 Å². The molecule has 1 aromatic heterocycles. The van der Waals surface area contributed by atoms with E-state index in [0.29, 0.717) is 16.7 Å². The van der Waals surface area contributed by atoms with Crippen LogP contribution >= 0.6 is 11.3 Å². The molecule has 0 amide bonds. The zero-order valence-electron chi connectivity index (χ0n) is 12.3. The lowest BCUT2D eigenvalue weighted by Gasteiger charge is -2.30. The third-order valence-corrected chi connectivity index (χ3v) is 7.07. The maximum atomic E-state index is 13.0. The molecule has 6 heteroatoms. The second kappa shape index (κ2) is 6.81. The molecule has 1 aliphatic heterocycles. The molecule has 0 saturated carbocycles. The smallest absolute Gasteiger partial charge is 0.273 e. The van der Waals surface area contributed by atoms with Crippen molar-refractivity contribution in [3.05, 3.63) is 47.8 Å². The summed E-state index contributed by atoms with van der Waals surface area (Å²) in [6.07, 6.45) is 2.17. The Morgan fingerprint density at radius 2 is 2.00 bits per heavy atom. The molecule has 4 nitrogen and oxygen atoms in total. The summed E-state index contributed by atoms with van der Waals surface area (Å²) in [5.41, 5.74) is 0.737. The largest absolute Gasteiger partial charge is 0.316 e.